The molecule has 0 radical (unpaired) electrons. The Morgan fingerprint density at radius 3 is 2.32 bits per heavy atom. The number of hydrogen-bond donors (Lipinski definition) is 1. The molecule has 4 aromatic rings. The molecule has 4 rings (SSSR count). The van der Waals surface area contributed by atoms with Crippen molar-refractivity contribution in [3.63, 3.8) is 0 Å². The summed E-state index contributed by atoms with van der Waals surface area (Å²) in [5.41, 5.74) is 7.38. The lowest BCUT2D eigenvalue weighted by Crippen LogP contribution is -2.16. The number of aryl methyl sites for hydroxylation is 5. The summed E-state index contributed by atoms with van der Waals surface area (Å²) in [4.78, 5) is 13.1. The van der Waals surface area contributed by atoms with E-state index in [-0.39, 0.29) is 18.2 Å². The van der Waals surface area contributed by atoms with Crippen molar-refractivity contribution < 1.29 is 14.1 Å². The number of nitrogens with one attached hydrogen (secondary N) is 1. The summed E-state index contributed by atoms with van der Waals surface area (Å²) in [5, 5.41) is 16.1. The van der Waals surface area contributed by atoms with Gasteiger partial charge in [-0.15, -0.1) is 0 Å². The van der Waals surface area contributed by atoms with Crippen LogP contribution in [0.5, 0.6) is 5.75 Å². The molecule has 0 unspecified atom stereocenters. The molecule has 34 heavy (non-hydrogen) atoms. The zero-order chi connectivity index (χ0) is 24.6. The number of carbonyl (C=O) groups excluding carboxylic acids is 1. The molecule has 0 bridgehead atoms. The number of hydrogen-bond acceptors (Lipinski definition) is 6. The average molecular weight is 463 g/mol. The Morgan fingerprint density at radius 1 is 0.971 bits per heavy atom. The molecule has 1 aromatic carbocycles. The third kappa shape index (κ3) is 4.46. The summed E-state index contributed by atoms with van der Waals surface area (Å²) in [6.45, 7) is 12.4. The molecule has 9 nitrogen and oxygen atoms in total. The van der Waals surface area contributed by atoms with Gasteiger partial charge in [-0.25, -0.2) is 0 Å². The van der Waals surface area contributed by atoms with Crippen molar-refractivity contribution in [2.24, 2.45) is 7.05 Å². The summed E-state index contributed by atoms with van der Waals surface area (Å²) in [6.07, 6.45) is 0. The van der Waals surface area contributed by atoms with E-state index in [1.54, 1.807) is 6.92 Å². The summed E-state index contributed by atoms with van der Waals surface area (Å²) >= 11 is 0. The molecule has 1 N–H and O–H groups in total. The molecule has 0 fully saturated rings. The molecule has 3 aromatic heterocycles. The summed E-state index contributed by atoms with van der Waals surface area (Å²) in [7, 11) is 1.93. The van der Waals surface area contributed by atoms with E-state index in [9.17, 15) is 4.79 Å². The van der Waals surface area contributed by atoms with E-state index in [2.05, 4.69) is 20.7 Å². The van der Waals surface area contributed by atoms with Gasteiger partial charge in [-0.3, -0.25) is 14.2 Å². The van der Waals surface area contributed by atoms with Crippen LogP contribution in [0.15, 0.2) is 28.8 Å². The molecular weight excluding hydrogens is 432 g/mol. The van der Waals surface area contributed by atoms with Crippen LogP contribution in [0.1, 0.15) is 55.7 Å². The SMILES string of the molecule is Cc1ccc(OCc2c(C(=O)Nc3c(C)nn(Cc4c(C)nn(C)c4C)c3C)noc2C)cc1. The molecule has 0 aliphatic carbocycles. The first kappa shape index (κ1) is 23.3. The quantitative estimate of drug-likeness (QED) is 0.439. The highest BCUT2D eigenvalue weighted by atomic mass is 16.5. The maximum Gasteiger partial charge on any atom is 0.278 e. The van der Waals surface area contributed by atoms with Gasteiger partial charge in [0, 0.05) is 18.3 Å². The Morgan fingerprint density at radius 2 is 1.68 bits per heavy atom. The van der Waals surface area contributed by atoms with Gasteiger partial charge in [0.25, 0.3) is 5.91 Å². The second kappa shape index (κ2) is 9.17. The van der Waals surface area contributed by atoms with Crippen LogP contribution in [0.3, 0.4) is 0 Å². The molecule has 0 saturated carbocycles. The van der Waals surface area contributed by atoms with Crippen LogP contribution >= 0.6 is 0 Å². The molecule has 0 atom stereocenters. The van der Waals surface area contributed by atoms with Gasteiger partial charge < -0.3 is 14.6 Å². The normalized spacial score (nSPS) is 11.1. The number of carbonyl (C=O) groups is 1. The van der Waals surface area contributed by atoms with E-state index in [1.807, 2.05) is 75.3 Å². The van der Waals surface area contributed by atoms with Crippen molar-refractivity contribution >= 4 is 11.6 Å². The van der Waals surface area contributed by atoms with Gasteiger partial charge in [0.2, 0.25) is 0 Å². The highest BCUT2D eigenvalue weighted by Crippen LogP contribution is 2.24. The van der Waals surface area contributed by atoms with Crippen molar-refractivity contribution in [1.29, 1.82) is 0 Å². The minimum Gasteiger partial charge on any atom is -0.489 e. The van der Waals surface area contributed by atoms with Crippen LogP contribution in [0.4, 0.5) is 5.69 Å². The number of anilines is 1. The van der Waals surface area contributed by atoms with E-state index < -0.39 is 0 Å². The second-order valence-corrected chi connectivity index (χ2v) is 8.60. The standard InChI is InChI=1S/C25H30N6O3/c1-14-8-10-20(11-9-14)33-13-22-19(6)34-29-24(22)25(32)26-23-16(3)28-31(18(23)5)12-21-15(2)27-30(7)17(21)4/h8-11H,12-13H2,1-7H3,(H,26,32). The maximum atomic E-state index is 13.1. The van der Waals surface area contributed by atoms with Crippen LogP contribution in [0.2, 0.25) is 0 Å². The molecule has 0 saturated heterocycles. The third-order valence-corrected chi connectivity index (χ3v) is 6.19. The average Bonchev–Trinajstić information content (AvgIpc) is 3.38. The summed E-state index contributed by atoms with van der Waals surface area (Å²) in [6, 6.07) is 7.73. The molecule has 9 heteroatoms. The molecule has 0 aliphatic rings. The van der Waals surface area contributed by atoms with Crippen molar-refractivity contribution in [2.45, 2.75) is 54.7 Å². The van der Waals surface area contributed by atoms with E-state index in [0.717, 1.165) is 33.9 Å². The number of amides is 1. The topological polar surface area (TPSA) is 100 Å². The Hall–Kier alpha value is -3.88. The number of aromatic nitrogens is 5. The lowest BCUT2D eigenvalue weighted by atomic mass is 10.2. The zero-order valence-corrected chi connectivity index (χ0v) is 20.7. The third-order valence-electron chi connectivity index (χ3n) is 6.19. The maximum absolute atomic E-state index is 13.1. The molecule has 0 spiro atoms. The lowest BCUT2D eigenvalue weighted by Gasteiger charge is -2.09. The fraction of sp³-hybridized carbons (Fsp3) is 0.360. The highest BCUT2D eigenvalue weighted by molar-refractivity contribution is 6.04. The van der Waals surface area contributed by atoms with Crippen molar-refractivity contribution in [3.8, 4) is 5.75 Å². The fourth-order valence-electron chi connectivity index (χ4n) is 3.93. The van der Waals surface area contributed by atoms with E-state index in [0.29, 0.717) is 29.3 Å². The summed E-state index contributed by atoms with van der Waals surface area (Å²) in [5.74, 6) is 0.897. The van der Waals surface area contributed by atoms with Crippen LogP contribution < -0.4 is 10.1 Å². The zero-order valence-electron chi connectivity index (χ0n) is 20.7. The van der Waals surface area contributed by atoms with Gasteiger partial charge in [0.05, 0.1) is 34.9 Å². The number of rotatable bonds is 7. The molecule has 1 amide bonds. The molecule has 0 aliphatic heterocycles. The Bertz CT molecular complexity index is 1340. The van der Waals surface area contributed by atoms with Gasteiger partial charge >= 0.3 is 0 Å². The predicted octanol–water partition coefficient (Wildman–Crippen LogP) is 4.33. The van der Waals surface area contributed by atoms with Gasteiger partial charge in [0.1, 0.15) is 18.1 Å². The first-order valence-corrected chi connectivity index (χ1v) is 11.1. The van der Waals surface area contributed by atoms with Gasteiger partial charge in [-0.05, 0) is 53.7 Å². The molecular formula is C25H30N6O3. The molecule has 3 heterocycles. The number of ether oxygens (including phenoxy) is 1. The first-order chi connectivity index (χ1) is 16.2. The van der Waals surface area contributed by atoms with E-state index in [4.69, 9.17) is 9.26 Å². The van der Waals surface area contributed by atoms with E-state index in [1.165, 1.54) is 0 Å². The van der Waals surface area contributed by atoms with Crippen LogP contribution in [0.25, 0.3) is 0 Å². The number of benzene rings is 1. The monoisotopic (exact) mass is 462 g/mol. The van der Waals surface area contributed by atoms with Gasteiger partial charge in [-0.1, -0.05) is 22.9 Å². The molecule has 178 valence electrons. The van der Waals surface area contributed by atoms with Gasteiger partial charge in [-0.2, -0.15) is 10.2 Å². The van der Waals surface area contributed by atoms with Crippen LogP contribution in [-0.4, -0.2) is 30.6 Å². The van der Waals surface area contributed by atoms with Crippen molar-refractivity contribution in [1.82, 2.24) is 24.7 Å². The van der Waals surface area contributed by atoms with Crippen LogP contribution in [-0.2, 0) is 20.2 Å². The predicted molar refractivity (Wildman–Crippen MR) is 128 cm³/mol. The van der Waals surface area contributed by atoms with Gasteiger partial charge in [0.15, 0.2) is 5.69 Å². The largest absolute Gasteiger partial charge is 0.489 e. The van der Waals surface area contributed by atoms with E-state index >= 15 is 0 Å². The Kier molecular flexibility index (Phi) is 6.28. The lowest BCUT2D eigenvalue weighted by molar-refractivity contribution is 0.101. The minimum absolute atomic E-state index is 0.179. The Balaban J connectivity index is 1.53. The van der Waals surface area contributed by atoms with Crippen molar-refractivity contribution in [3.05, 3.63) is 75.2 Å². The minimum atomic E-state index is -0.362. The summed E-state index contributed by atoms with van der Waals surface area (Å²) < 4.78 is 14.9. The second-order valence-electron chi connectivity index (χ2n) is 8.60. The Labute approximate surface area is 198 Å². The highest BCUT2D eigenvalue weighted by Gasteiger charge is 2.23. The number of nitrogens with zero attached hydrogens (tertiary/aromatic N) is 5. The smallest absolute Gasteiger partial charge is 0.278 e. The van der Waals surface area contributed by atoms with Crippen molar-refractivity contribution in [2.75, 3.05) is 5.32 Å². The fourth-order valence-corrected chi connectivity index (χ4v) is 3.93. The van der Waals surface area contributed by atoms with Crippen LogP contribution in [0, 0.1) is 41.5 Å². The first-order valence-electron chi connectivity index (χ1n) is 11.1.